The largest absolute Gasteiger partial charge is 0.0620 e. The molecule has 0 fully saturated rings. The summed E-state index contributed by atoms with van der Waals surface area (Å²) in [6, 6.07) is 44.5. The molecule has 0 radical (unpaired) electrons. The van der Waals surface area contributed by atoms with Crippen molar-refractivity contribution in [3.05, 3.63) is 150 Å². The van der Waals surface area contributed by atoms with Crippen molar-refractivity contribution >= 4 is 101 Å². The molecule has 0 bridgehead atoms. The van der Waals surface area contributed by atoms with Gasteiger partial charge in [0.05, 0.1) is 0 Å². The number of benzene rings is 5. The van der Waals surface area contributed by atoms with Crippen LogP contribution in [0.25, 0.3) is 0 Å². The average Bonchev–Trinajstić information content (AvgIpc) is 2.93. The summed E-state index contributed by atoms with van der Waals surface area (Å²) in [6.07, 6.45) is 2.03. The normalized spacial score (nSPS) is 11.3. The Hall–Kier alpha value is -1.12. The van der Waals surface area contributed by atoms with Crippen molar-refractivity contribution in [2.75, 3.05) is 0 Å². The Labute approximate surface area is 261 Å². The highest BCUT2D eigenvalue weighted by Crippen LogP contribution is 2.43. The first kappa shape index (κ1) is 28.4. The van der Waals surface area contributed by atoms with E-state index in [1.165, 1.54) is 32.3 Å². The predicted molar refractivity (Wildman–Crippen MR) is 183 cm³/mol. The molecule has 5 rings (SSSR count). The second-order valence-electron chi connectivity index (χ2n) is 8.85. The van der Waals surface area contributed by atoms with E-state index in [0.717, 1.165) is 30.2 Å². The van der Waals surface area contributed by atoms with E-state index in [9.17, 15) is 0 Å². The van der Waals surface area contributed by atoms with Crippen LogP contribution in [0.3, 0.4) is 0 Å². The predicted octanol–water partition coefficient (Wildman–Crippen LogP) is 10.0. The molecular weight excluding hydrogens is 766 g/mol. The van der Waals surface area contributed by atoms with Crippen LogP contribution in [0.2, 0.25) is 0 Å². The molecule has 38 heavy (non-hydrogen) atoms. The second-order valence-corrected chi connectivity index (χ2v) is 16.9. The van der Waals surface area contributed by atoms with Crippen molar-refractivity contribution in [3.63, 3.8) is 0 Å². The Balaban J connectivity index is 1.52. The minimum absolute atomic E-state index is 0.557. The molecule has 0 aliphatic rings. The molecular formula is C32H24Br4P2. The zero-order valence-corrected chi connectivity index (χ0v) is 28.5. The van der Waals surface area contributed by atoms with Crippen molar-refractivity contribution in [1.29, 1.82) is 0 Å². The fraction of sp³-hybridized carbons (Fsp3) is 0.0625. The Kier molecular flexibility index (Phi) is 10.1. The van der Waals surface area contributed by atoms with Crippen LogP contribution in [0.1, 0.15) is 11.1 Å². The first-order chi connectivity index (χ1) is 18.5. The summed E-state index contributed by atoms with van der Waals surface area (Å²) >= 11 is 14.5. The van der Waals surface area contributed by atoms with Crippen molar-refractivity contribution in [2.45, 2.75) is 12.3 Å². The monoisotopic (exact) mass is 786 g/mol. The molecule has 0 amide bonds. The van der Waals surface area contributed by atoms with Crippen LogP contribution in [0.15, 0.2) is 139 Å². The summed E-state index contributed by atoms with van der Waals surface area (Å²) in [4.78, 5) is 0. The summed E-state index contributed by atoms with van der Waals surface area (Å²) in [5, 5.41) is 5.57. The maximum absolute atomic E-state index is 3.62. The van der Waals surface area contributed by atoms with Gasteiger partial charge in [0.15, 0.2) is 0 Å². The van der Waals surface area contributed by atoms with Gasteiger partial charge in [-0.15, -0.1) is 0 Å². The first-order valence-electron chi connectivity index (χ1n) is 12.1. The lowest BCUT2D eigenvalue weighted by atomic mass is 10.1. The summed E-state index contributed by atoms with van der Waals surface area (Å²) < 4.78 is 4.45. The van der Waals surface area contributed by atoms with Gasteiger partial charge in [0.1, 0.15) is 0 Å². The molecule has 0 unspecified atom stereocenters. The molecule has 5 aromatic carbocycles. The van der Waals surface area contributed by atoms with Gasteiger partial charge in [-0.1, -0.05) is 137 Å². The van der Waals surface area contributed by atoms with Gasteiger partial charge in [-0.05, 0) is 96.7 Å². The summed E-state index contributed by atoms with van der Waals surface area (Å²) in [5.41, 5.74) is 2.87. The summed E-state index contributed by atoms with van der Waals surface area (Å²) in [6.45, 7) is 0. The molecule has 0 saturated heterocycles. The third-order valence-electron chi connectivity index (χ3n) is 6.33. The number of halogens is 4. The third kappa shape index (κ3) is 7.34. The highest BCUT2D eigenvalue weighted by Gasteiger charge is 2.20. The number of hydrogen-bond acceptors (Lipinski definition) is 0. The van der Waals surface area contributed by atoms with E-state index in [4.69, 9.17) is 0 Å². The smallest absolute Gasteiger partial charge is 0.0175 e. The van der Waals surface area contributed by atoms with Crippen molar-refractivity contribution in [1.82, 2.24) is 0 Å². The van der Waals surface area contributed by atoms with Gasteiger partial charge >= 0.3 is 0 Å². The van der Waals surface area contributed by atoms with E-state index < -0.39 is 15.8 Å². The minimum atomic E-state index is -0.557. The zero-order valence-electron chi connectivity index (χ0n) is 20.4. The standard InChI is InChI=1S/C32H24Br4P2/c33-25-5-13-29(14-6-25)37(30-15-7-26(34)8-16-30)21-23-3-1-2-4-24(23)22-38(31-17-9-27(35)10-18-31)32-19-11-28(36)12-20-32/h1-20H,21-22H2. The van der Waals surface area contributed by atoms with E-state index in [1.54, 1.807) is 0 Å². The zero-order chi connectivity index (χ0) is 26.5. The number of hydrogen-bond donors (Lipinski definition) is 0. The molecule has 0 atom stereocenters. The van der Waals surface area contributed by atoms with Gasteiger partial charge in [-0.2, -0.15) is 0 Å². The highest BCUT2D eigenvalue weighted by molar-refractivity contribution is 9.11. The summed E-state index contributed by atoms with van der Waals surface area (Å²) in [7, 11) is -1.11. The van der Waals surface area contributed by atoms with Gasteiger partial charge in [-0.3, -0.25) is 0 Å². The summed E-state index contributed by atoms with van der Waals surface area (Å²) in [5.74, 6) is 0. The number of rotatable bonds is 8. The van der Waals surface area contributed by atoms with E-state index in [2.05, 4.69) is 185 Å². The SMILES string of the molecule is Brc1ccc(P(Cc2ccccc2CP(c2ccc(Br)cc2)c2ccc(Br)cc2)c2ccc(Br)cc2)cc1. The van der Waals surface area contributed by atoms with Crippen LogP contribution < -0.4 is 21.2 Å². The lowest BCUT2D eigenvalue weighted by Gasteiger charge is -2.24. The quantitative estimate of drug-likeness (QED) is 0.137. The van der Waals surface area contributed by atoms with Crippen LogP contribution in [0, 0.1) is 0 Å². The van der Waals surface area contributed by atoms with E-state index >= 15 is 0 Å². The molecule has 0 aromatic heterocycles. The first-order valence-corrected chi connectivity index (χ1v) is 18.3. The lowest BCUT2D eigenvalue weighted by Crippen LogP contribution is -2.15. The maximum atomic E-state index is 3.62. The Morgan fingerprint density at radius 3 is 0.816 bits per heavy atom. The van der Waals surface area contributed by atoms with Gasteiger partial charge in [-0.25, -0.2) is 0 Å². The highest BCUT2D eigenvalue weighted by atomic mass is 79.9. The van der Waals surface area contributed by atoms with Crippen LogP contribution in [-0.4, -0.2) is 0 Å². The van der Waals surface area contributed by atoms with Gasteiger partial charge in [0, 0.05) is 30.2 Å². The van der Waals surface area contributed by atoms with Crippen molar-refractivity contribution in [2.24, 2.45) is 0 Å². The van der Waals surface area contributed by atoms with Crippen LogP contribution in [-0.2, 0) is 12.3 Å². The average molecular weight is 790 g/mol. The van der Waals surface area contributed by atoms with Crippen molar-refractivity contribution in [3.8, 4) is 0 Å². The molecule has 0 heterocycles. The topological polar surface area (TPSA) is 0 Å². The molecule has 5 aromatic rings. The van der Waals surface area contributed by atoms with Crippen LogP contribution in [0.4, 0.5) is 0 Å². The second kappa shape index (κ2) is 13.5. The molecule has 0 nitrogen and oxygen atoms in total. The molecule has 6 heteroatoms. The molecule has 0 aliphatic carbocycles. The van der Waals surface area contributed by atoms with Gasteiger partial charge in [0.25, 0.3) is 0 Å². The van der Waals surface area contributed by atoms with E-state index in [-0.39, 0.29) is 0 Å². The Bertz CT molecular complexity index is 1280. The van der Waals surface area contributed by atoms with Crippen molar-refractivity contribution < 1.29 is 0 Å². The third-order valence-corrected chi connectivity index (χ3v) is 13.4. The Morgan fingerprint density at radius 1 is 0.342 bits per heavy atom. The van der Waals surface area contributed by atoms with E-state index in [1.807, 2.05) is 0 Å². The molecule has 190 valence electrons. The maximum Gasteiger partial charge on any atom is 0.0175 e. The fourth-order valence-electron chi connectivity index (χ4n) is 4.35. The molecule has 0 aliphatic heterocycles. The fourth-order valence-corrected chi connectivity index (χ4v) is 10.1. The van der Waals surface area contributed by atoms with E-state index in [0.29, 0.717) is 0 Å². The van der Waals surface area contributed by atoms with Gasteiger partial charge < -0.3 is 0 Å². The molecule has 0 saturated carbocycles. The minimum Gasteiger partial charge on any atom is -0.0620 e. The lowest BCUT2D eigenvalue weighted by molar-refractivity contribution is 1.27. The van der Waals surface area contributed by atoms with Crippen LogP contribution in [0.5, 0.6) is 0 Å². The molecule has 0 spiro atoms. The Morgan fingerprint density at radius 2 is 0.579 bits per heavy atom. The van der Waals surface area contributed by atoms with Crippen LogP contribution >= 0.6 is 79.6 Å². The van der Waals surface area contributed by atoms with Gasteiger partial charge in [0.2, 0.25) is 0 Å². The molecule has 0 N–H and O–H groups in total.